The molecule has 1 aliphatic rings. The van der Waals surface area contributed by atoms with Crippen LogP contribution in [0.1, 0.15) is 11.1 Å². The van der Waals surface area contributed by atoms with E-state index in [1.807, 2.05) is 43.3 Å². The number of carbonyl (C=O) groups is 1. The molecule has 2 aromatic rings. The van der Waals surface area contributed by atoms with Crippen LogP contribution in [0.15, 0.2) is 48.5 Å². The molecule has 0 radical (unpaired) electrons. The van der Waals surface area contributed by atoms with E-state index in [4.69, 9.17) is 4.74 Å². The molecule has 1 heterocycles. The highest BCUT2D eigenvalue weighted by molar-refractivity contribution is 5.72. The van der Waals surface area contributed by atoms with Gasteiger partial charge in [0.1, 0.15) is 5.75 Å². The number of hydrogen-bond donors (Lipinski definition) is 0. The van der Waals surface area contributed by atoms with E-state index >= 15 is 0 Å². The maximum absolute atomic E-state index is 12.3. The molecule has 2 aromatic carbocycles. The molecular weight excluding hydrogens is 276 g/mol. The summed E-state index contributed by atoms with van der Waals surface area (Å²) in [7, 11) is 0. The minimum Gasteiger partial charge on any atom is -0.410 e. The fraction of sp³-hybridized carbons (Fsp3) is 0.278. The van der Waals surface area contributed by atoms with Gasteiger partial charge in [0.2, 0.25) is 0 Å². The number of rotatable bonds is 2. The van der Waals surface area contributed by atoms with Crippen LogP contribution in [0.3, 0.4) is 0 Å². The first-order chi connectivity index (χ1) is 10.6. The van der Waals surface area contributed by atoms with E-state index < -0.39 is 0 Å². The van der Waals surface area contributed by atoms with Gasteiger partial charge in [-0.1, -0.05) is 36.4 Å². The lowest BCUT2D eigenvalue weighted by atomic mass is 10.2. The lowest BCUT2D eigenvalue weighted by molar-refractivity contribution is 0.163. The molecule has 0 N–H and O–H groups in total. The molecule has 0 aromatic heterocycles. The Balaban J connectivity index is 1.67. The van der Waals surface area contributed by atoms with E-state index in [1.165, 1.54) is 11.3 Å². The highest BCUT2D eigenvalue weighted by atomic mass is 16.6. The summed E-state index contributed by atoms with van der Waals surface area (Å²) >= 11 is 0. The van der Waals surface area contributed by atoms with Crippen LogP contribution in [-0.4, -0.2) is 30.8 Å². The van der Waals surface area contributed by atoms with Crippen molar-refractivity contribution in [3.8, 4) is 5.75 Å². The van der Waals surface area contributed by atoms with E-state index in [0.29, 0.717) is 19.0 Å². The van der Waals surface area contributed by atoms with Gasteiger partial charge < -0.3 is 9.64 Å². The Hall–Kier alpha value is -2.49. The number of para-hydroxylation sites is 2. The molecule has 0 atom stereocenters. The Labute approximate surface area is 130 Å². The monoisotopic (exact) mass is 296 g/mol. The molecule has 0 spiro atoms. The maximum atomic E-state index is 12.3. The summed E-state index contributed by atoms with van der Waals surface area (Å²) in [6.45, 7) is 6.10. The minimum atomic E-state index is -0.287. The highest BCUT2D eigenvalue weighted by Gasteiger charge is 2.26. The van der Waals surface area contributed by atoms with Crippen molar-refractivity contribution in [1.82, 2.24) is 4.90 Å². The summed E-state index contributed by atoms with van der Waals surface area (Å²) in [6.07, 6.45) is -0.287. The summed E-state index contributed by atoms with van der Waals surface area (Å²) in [5.74, 6) is 0.627. The predicted molar refractivity (Wildman–Crippen MR) is 87.3 cm³/mol. The normalized spacial score (nSPS) is 14.3. The lowest BCUT2D eigenvalue weighted by Crippen LogP contribution is -2.33. The number of aryl methyl sites for hydroxylation is 2. The number of hydrogen-bond acceptors (Lipinski definition) is 3. The number of amides is 1. The fourth-order valence-electron chi connectivity index (χ4n) is 2.68. The third-order valence-electron chi connectivity index (χ3n) is 3.99. The van der Waals surface area contributed by atoms with Gasteiger partial charge in [-0.05, 0) is 37.1 Å². The Morgan fingerprint density at radius 2 is 1.64 bits per heavy atom. The van der Waals surface area contributed by atoms with Crippen LogP contribution in [0.25, 0.3) is 0 Å². The third-order valence-corrected chi connectivity index (χ3v) is 3.99. The first kappa shape index (κ1) is 14.4. The summed E-state index contributed by atoms with van der Waals surface area (Å²) < 4.78 is 5.50. The second-order valence-electron chi connectivity index (χ2n) is 5.59. The molecule has 1 amide bonds. The minimum absolute atomic E-state index is 0.287. The van der Waals surface area contributed by atoms with Gasteiger partial charge in [-0.25, -0.2) is 4.79 Å². The van der Waals surface area contributed by atoms with Crippen LogP contribution in [0.5, 0.6) is 5.75 Å². The first-order valence-corrected chi connectivity index (χ1v) is 7.48. The Bertz CT molecular complexity index is 684. The summed E-state index contributed by atoms with van der Waals surface area (Å²) in [5, 5.41) is 0. The van der Waals surface area contributed by atoms with Crippen molar-refractivity contribution < 1.29 is 9.53 Å². The van der Waals surface area contributed by atoms with Crippen LogP contribution < -0.4 is 9.64 Å². The van der Waals surface area contributed by atoms with Crippen molar-refractivity contribution >= 4 is 11.8 Å². The fourth-order valence-corrected chi connectivity index (χ4v) is 2.68. The van der Waals surface area contributed by atoms with Gasteiger partial charge in [0.25, 0.3) is 0 Å². The molecular formula is C18H20N2O2. The quantitative estimate of drug-likeness (QED) is 0.849. The van der Waals surface area contributed by atoms with Crippen LogP contribution in [0.2, 0.25) is 0 Å². The largest absolute Gasteiger partial charge is 0.416 e. The average molecular weight is 296 g/mol. The predicted octanol–water partition coefficient (Wildman–Crippen LogP) is 3.58. The van der Waals surface area contributed by atoms with Gasteiger partial charge in [0.15, 0.2) is 0 Å². The van der Waals surface area contributed by atoms with Crippen molar-refractivity contribution in [2.24, 2.45) is 0 Å². The number of carbonyl (C=O) groups excluding carboxylic acids is 1. The van der Waals surface area contributed by atoms with Crippen molar-refractivity contribution in [1.29, 1.82) is 0 Å². The average Bonchev–Trinajstić information content (AvgIpc) is 3.00. The van der Waals surface area contributed by atoms with Crippen LogP contribution in [-0.2, 0) is 0 Å². The van der Waals surface area contributed by atoms with E-state index in [-0.39, 0.29) is 6.09 Å². The van der Waals surface area contributed by atoms with E-state index in [1.54, 1.807) is 4.90 Å². The van der Waals surface area contributed by atoms with Crippen molar-refractivity contribution in [3.63, 3.8) is 0 Å². The first-order valence-electron chi connectivity index (χ1n) is 7.48. The molecule has 1 saturated heterocycles. The number of nitrogens with zero attached hydrogens (tertiary/aromatic N) is 2. The topological polar surface area (TPSA) is 32.8 Å². The molecule has 114 valence electrons. The summed E-state index contributed by atoms with van der Waals surface area (Å²) in [5.41, 5.74) is 3.36. The summed E-state index contributed by atoms with van der Waals surface area (Å²) in [4.78, 5) is 16.2. The molecule has 22 heavy (non-hydrogen) atoms. The molecule has 4 nitrogen and oxygen atoms in total. The van der Waals surface area contributed by atoms with Crippen LogP contribution in [0, 0.1) is 13.8 Å². The van der Waals surface area contributed by atoms with Gasteiger partial charge in [-0.2, -0.15) is 0 Å². The second-order valence-corrected chi connectivity index (χ2v) is 5.59. The Morgan fingerprint density at radius 3 is 2.36 bits per heavy atom. The number of benzene rings is 2. The van der Waals surface area contributed by atoms with Crippen LogP contribution >= 0.6 is 0 Å². The van der Waals surface area contributed by atoms with Crippen molar-refractivity contribution in [3.05, 3.63) is 59.7 Å². The molecule has 1 aliphatic heterocycles. The van der Waals surface area contributed by atoms with Crippen molar-refractivity contribution in [2.45, 2.75) is 13.8 Å². The van der Waals surface area contributed by atoms with Gasteiger partial charge >= 0.3 is 6.09 Å². The van der Waals surface area contributed by atoms with E-state index in [2.05, 4.69) is 24.0 Å². The number of ether oxygens (including phenoxy) is 1. The molecule has 4 heteroatoms. The SMILES string of the molecule is Cc1ccccc1OC(=O)N1CCN(c2ccccc2C)C1. The highest BCUT2D eigenvalue weighted by Crippen LogP contribution is 2.23. The molecule has 0 saturated carbocycles. The summed E-state index contributed by atoms with van der Waals surface area (Å²) in [6, 6.07) is 15.8. The van der Waals surface area contributed by atoms with E-state index in [9.17, 15) is 4.79 Å². The van der Waals surface area contributed by atoms with Gasteiger partial charge in [0, 0.05) is 18.8 Å². The van der Waals surface area contributed by atoms with Crippen molar-refractivity contribution in [2.75, 3.05) is 24.7 Å². The Morgan fingerprint density at radius 1 is 0.955 bits per heavy atom. The standard InChI is InChI=1S/C18H20N2O2/c1-14-7-3-5-9-16(14)19-11-12-20(13-19)18(21)22-17-10-6-4-8-15(17)2/h3-10H,11-13H2,1-2H3. The molecule has 0 aliphatic carbocycles. The number of anilines is 1. The van der Waals surface area contributed by atoms with Gasteiger partial charge in [0.05, 0.1) is 6.67 Å². The zero-order chi connectivity index (χ0) is 15.5. The molecule has 0 unspecified atom stereocenters. The second kappa shape index (κ2) is 6.10. The third kappa shape index (κ3) is 2.91. The lowest BCUT2D eigenvalue weighted by Gasteiger charge is -2.21. The molecule has 3 rings (SSSR count). The molecule has 1 fully saturated rings. The maximum Gasteiger partial charge on any atom is 0.416 e. The zero-order valence-corrected chi connectivity index (χ0v) is 13.0. The van der Waals surface area contributed by atoms with Crippen LogP contribution in [0.4, 0.5) is 10.5 Å². The zero-order valence-electron chi connectivity index (χ0n) is 13.0. The van der Waals surface area contributed by atoms with E-state index in [0.717, 1.165) is 12.1 Å². The van der Waals surface area contributed by atoms with Gasteiger partial charge in [-0.3, -0.25) is 4.90 Å². The molecule has 0 bridgehead atoms. The Kier molecular flexibility index (Phi) is 4.00. The van der Waals surface area contributed by atoms with Gasteiger partial charge in [-0.15, -0.1) is 0 Å². The smallest absolute Gasteiger partial charge is 0.410 e.